The van der Waals surface area contributed by atoms with E-state index in [2.05, 4.69) is 17.2 Å². The summed E-state index contributed by atoms with van der Waals surface area (Å²) < 4.78 is 19.3. The Morgan fingerprint density at radius 2 is 2.17 bits per heavy atom. The molecule has 124 valence electrons. The predicted octanol–water partition coefficient (Wildman–Crippen LogP) is 2.61. The number of hydrogen-bond donors (Lipinski definition) is 2. The zero-order chi connectivity index (χ0) is 16.8. The van der Waals surface area contributed by atoms with E-state index in [9.17, 15) is 14.0 Å². The second-order valence-electron chi connectivity index (χ2n) is 4.96. The molecule has 2 atom stereocenters. The van der Waals surface area contributed by atoms with Gasteiger partial charge in [0.15, 0.2) is 0 Å². The fourth-order valence-corrected chi connectivity index (χ4v) is 2.87. The summed E-state index contributed by atoms with van der Waals surface area (Å²) in [4.78, 5) is 24.0. The number of rotatable bonds is 6. The Hall–Kier alpha value is -2.02. The highest BCUT2D eigenvalue weighted by Crippen LogP contribution is 2.31. The molecule has 0 unspecified atom stereocenters. The minimum Gasteiger partial charge on any atom is -0.464 e. The number of esters is 1. The first-order chi connectivity index (χ1) is 11.0. The number of benzene rings is 1. The van der Waals surface area contributed by atoms with Crippen LogP contribution in [0.1, 0.15) is 18.5 Å². The van der Waals surface area contributed by atoms with Crippen LogP contribution in [0.15, 0.2) is 36.5 Å². The summed E-state index contributed by atoms with van der Waals surface area (Å²) >= 11 is 1.65. The van der Waals surface area contributed by atoms with E-state index in [4.69, 9.17) is 4.74 Å². The van der Waals surface area contributed by atoms with Crippen LogP contribution in [-0.4, -0.2) is 30.1 Å². The van der Waals surface area contributed by atoms with Crippen molar-refractivity contribution in [3.63, 3.8) is 0 Å². The third kappa shape index (κ3) is 4.25. The lowest BCUT2D eigenvalue weighted by atomic mass is 9.89. The van der Waals surface area contributed by atoms with E-state index in [1.807, 2.05) is 6.92 Å². The average Bonchev–Trinajstić information content (AvgIpc) is 2.51. The van der Waals surface area contributed by atoms with Gasteiger partial charge in [0.05, 0.1) is 6.04 Å². The van der Waals surface area contributed by atoms with Crippen LogP contribution in [0.2, 0.25) is 0 Å². The van der Waals surface area contributed by atoms with Crippen LogP contribution in [0.25, 0.3) is 0 Å². The zero-order valence-corrected chi connectivity index (χ0v) is 13.6. The molecular formula is C16H19FN2O3S. The van der Waals surface area contributed by atoms with Gasteiger partial charge in [-0.25, -0.2) is 9.18 Å². The fraction of sp³-hybridized carbons (Fsp3) is 0.375. The average molecular weight is 338 g/mol. The van der Waals surface area contributed by atoms with Crippen LogP contribution < -0.4 is 10.6 Å². The molecule has 0 radical (unpaired) electrons. The Labute approximate surface area is 138 Å². The van der Waals surface area contributed by atoms with Crippen molar-refractivity contribution in [1.82, 2.24) is 10.6 Å². The van der Waals surface area contributed by atoms with Gasteiger partial charge in [-0.15, -0.1) is 0 Å². The summed E-state index contributed by atoms with van der Waals surface area (Å²) in [6.07, 6.45) is 0. The van der Waals surface area contributed by atoms with Crippen LogP contribution in [-0.2, 0) is 9.53 Å². The molecule has 2 rings (SSSR count). The first kappa shape index (κ1) is 17.3. The summed E-state index contributed by atoms with van der Waals surface area (Å²) in [6, 6.07) is 4.65. The van der Waals surface area contributed by atoms with Crippen LogP contribution in [0.3, 0.4) is 0 Å². The van der Waals surface area contributed by atoms with E-state index in [0.717, 1.165) is 5.75 Å². The molecule has 0 spiro atoms. The van der Waals surface area contributed by atoms with Crippen LogP contribution >= 0.6 is 11.8 Å². The van der Waals surface area contributed by atoms with E-state index < -0.39 is 29.8 Å². The number of halogens is 1. The zero-order valence-electron chi connectivity index (χ0n) is 12.8. The molecule has 7 heteroatoms. The van der Waals surface area contributed by atoms with Crippen molar-refractivity contribution in [3.8, 4) is 0 Å². The lowest BCUT2D eigenvalue weighted by Gasteiger charge is -2.33. The standard InChI is InChI=1S/C16H19FN2O3S/c1-3-23-9-8-22-15(20)13-10(2)18-16(21)19-14(13)11-6-4-5-7-12(11)17/h4-7,13-14H,2-3,8-9H2,1H3,(H2,18,19,21)/t13-,14-/m1/s1. The van der Waals surface area contributed by atoms with Gasteiger partial charge in [-0.3, -0.25) is 4.79 Å². The van der Waals surface area contributed by atoms with Crippen LogP contribution in [0.5, 0.6) is 0 Å². The third-order valence-corrected chi connectivity index (χ3v) is 4.30. The molecule has 5 nitrogen and oxygen atoms in total. The molecule has 0 aromatic heterocycles. The Morgan fingerprint density at radius 3 is 2.87 bits per heavy atom. The SMILES string of the molecule is C=C1NC(=O)N[C@H](c2ccccc2F)[C@@H]1C(=O)OCCSCC. The Morgan fingerprint density at radius 1 is 1.43 bits per heavy atom. The summed E-state index contributed by atoms with van der Waals surface area (Å²) in [5.41, 5.74) is 0.434. The molecule has 23 heavy (non-hydrogen) atoms. The molecule has 1 aliphatic heterocycles. The van der Waals surface area contributed by atoms with Gasteiger partial charge >= 0.3 is 12.0 Å². The molecule has 0 aliphatic carbocycles. The van der Waals surface area contributed by atoms with Gasteiger partial charge < -0.3 is 15.4 Å². The fourth-order valence-electron chi connectivity index (χ4n) is 2.38. The number of thioether (sulfide) groups is 1. The largest absolute Gasteiger partial charge is 0.464 e. The van der Waals surface area contributed by atoms with Crippen molar-refractivity contribution in [1.29, 1.82) is 0 Å². The molecule has 0 bridgehead atoms. The highest BCUT2D eigenvalue weighted by atomic mass is 32.2. The van der Waals surface area contributed by atoms with Crippen molar-refractivity contribution in [2.75, 3.05) is 18.1 Å². The molecule has 1 saturated heterocycles. The monoisotopic (exact) mass is 338 g/mol. The minimum atomic E-state index is -0.878. The van der Waals surface area contributed by atoms with E-state index in [1.165, 1.54) is 12.1 Å². The maximum absolute atomic E-state index is 14.1. The van der Waals surface area contributed by atoms with Gasteiger partial charge in [0.25, 0.3) is 0 Å². The van der Waals surface area contributed by atoms with Gasteiger partial charge in [0.2, 0.25) is 0 Å². The maximum atomic E-state index is 14.1. The molecule has 1 aromatic rings. The Balaban J connectivity index is 2.19. The van der Waals surface area contributed by atoms with Gasteiger partial charge in [0.1, 0.15) is 18.3 Å². The van der Waals surface area contributed by atoms with Gasteiger partial charge in [0, 0.05) is 17.0 Å². The van der Waals surface area contributed by atoms with Gasteiger partial charge in [-0.1, -0.05) is 31.7 Å². The first-order valence-electron chi connectivity index (χ1n) is 7.29. The number of carbonyl (C=O) groups is 2. The van der Waals surface area contributed by atoms with Crippen molar-refractivity contribution in [3.05, 3.63) is 47.9 Å². The van der Waals surface area contributed by atoms with Crippen molar-refractivity contribution in [2.24, 2.45) is 5.92 Å². The van der Waals surface area contributed by atoms with E-state index >= 15 is 0 Å². The molecule has 1 heterocycles. The third-order valence-electron chi connectivity index (χ3n) is 3.44. The number of hydrogen-bond acceptors (Lipinski definition) is 4. The molecular weight excluding hydrogens is 319 g/mol. The van der Waals surface area contributed by atoms with Gasteiger partial charge in [-0.2, -0.15) is 11.8 Å². The smallest absolute Gasteiger partial charge is 0.319 e. The number of amides is 2. The molecule has 1 aromatic carbocycles. The topological polar surface area (TPSA) is 67.4 Å². The second-order valence-corrected chi connectivity index (χ2v) is 6.36. The van der Waals surface area contributed by atoms with Crippen molar-refractivity contribution in [2.45, 2.75) is 13.0 Å². The van der Waals surface area contributed by atoms with Crippen molar-refractivity contribution >= 4 is 23.8 Å². The number of carbonyl (C=O) groups excluding carboxylic acids is 2. The van der Waals surface area contributed by atoms with Crippen molar-refractivity contribution < 1.29 is 18.7 Å². The highest BCUT2D eigenvalue weighted by Gasteiger charge is 2.39. The second kappa shape index (κ2) is 8.01. The number of ether oxygens (including phenoxy) is 1. The maximum Gasteiger partial charge on any atom is 0.319 e. The molecule has 1 fully saturated rings. The summed E-state index contributed by atoms with van der Waals surface area (Å²) in [6.45, 7) is 6.00. The Kier molecular flexibility index (Phi) is 6.04. The Bertz CT molecular complexity index is 609. The van der Waals surface area contributed by atoms with Gasteiger partial charge in [-0.05, 0) is 11.8 Å². The number of nitrogens with one attached hydrogen (secondary N) is 2. The normalized spacial score (nSPS) is 20.6. The summed E-state index contributed by atoms with van der Waals surface area (Å²) in [5, 5.41) is 5.04. The lowest BCUT2D eigenvalue weighted by Crippen LogP contribution is -2.51. The predicted molar refractivity (Wildman–Crippen MR) is 87.4 cm³/mol. The quantitative estimate of drug-likeness (QED) is 0.618. The van der Waals surface area contributed by atoms with Crippen LogP contribution in [0, 0.1) is 11.7 Å². The van der Waals surface area contributed by atoms with E-state index in [0.29, 0.717) is 5.75 Å². The molecule has 2 N–H and O–H groups in total. The summed E-state index contributed by atoms with van der Waals surface area (Å²) in [5.74, 6) is -0.287. The minimum absolute atomic E-state index is 0.204. The number of urea groups is 1. The van der Waals surface area contributed by atoms with E-state index in [1.54, 1.807) is 23.9 Å². The summed E-state index contributed by atoms with van der Waals surface area (Å²) in [7, 11) is 0. The highest BCUT2D eigenvalue weighted by molar-refractivity contribution is 7.99. The van der Waals surface area contributed by atoms with Crippen LogP contribution in [0.4, 0.5) is 9.18 Å². The lowest BCUT2D eigenvalue weighted by molar-refractivity contribution is -0.147. The first-order valence-corrected chi connectivity index (χ1v) is 8.45. The molecule has 0 saturated carbocycles. The van der Waals surface area contributed by atoms with E-state index in [-0.39, 0.29) is 17.9 Å². The molecule has 1 aliphatic rings. The molecule has 2 amide bonds.